The summed E-state index contributed by atoms with van der Waals surface area (Å²) >= 11 is 7.54. The van der Waals surface area contributed by atoms with Gasteiger partial charge in [-0.15, -0.1) is 11.8 Å². The van der Waals surface area contributed by atoms with E-state index in [1.807, 2.05) is 6.92 Å². The zero-order valence-electron chi connectivity index (χ0n) is 18.1. The highest BCUT2D eigenvalue weighted by Gasteiger charge is 2.05. The molecular weight excluding hydrogens is 458 g/mol. The van der Waals surface area contributed by atoms with Gasteiger partial charge in [0, 0.05) is 27.8 Å². The van der Waals surface area contributed by atoms with Gasteiger partial charge in [0.1, 0.15) is 5.75 Å². The summed E-state index contributed by atoms with van der Waals surface area (Å²) in [5.41, 5.74) is 5.15. The van der Waals surface area contributed by atoms with Crippen molar-refractivity contribution in [2.75, 3.05) is 17.7 Å². The number of nitrogens with one attached hydrogen (secondary N) is 2. The van der Waals surface area contributed by atoms with Crippen LogP contribution in [0.15, 0.2) is 82.8 Å². The van der Waals surface area contributed by atoms with Gasteiger partial charge in [0.2, 0.25) is 5.91 Å². The summed E-state index contributed by atoms with van der Waals surface area (Å²) in [6, 6.07) is 22.1. The van der Waals surface area contributed by atoms with Crippen molar-refractivity contribution in [3.63, 3.8) is 0 Å². The van der Waals surface area contributed by atoms with Gasteiger partial charge in [-0.2, -0.15) is 5.10 Å². The molecule has 3 aromatic carbocycles. The van der Waals surface area contributed by atoms with Crippen LogP contribution in [0.4, 0.5) is 5.69 Å². The smallest absolute Gasteiger partial charge is 0.262 e. The Balaban J connectivity index is 1.35. The van der Waals surface area contributed by atoms with Gasteiger partial charge >= 0.3 is 0 Å². The summed E-state index contributed by atoms with van der Waals surface area (Å²) in [5.74, 6) is 0.801. The second-order valence-electron chi connectivity index (χ2n) is 7.12. The lowest BCUT2D eigenvalue weighted by Gasteiger charge is -2.08. The molecule has 8 heteroatoms. The molecule has 0 radical (unpaired) electrons. The maximum Gasteiger partial charge on any atom is 0.262 e. The number of ether oxygens (including phenoxy) is 1. The highest BCUT2D eigenvalue weighted by molar-refractivity contribution is 7.99. The third-order valence-corrected chi connectivity index (χ3v) is 5.63. The van der Waals surface area contributed by atoms with E-state index in [4.69, 9.17) is 16.3 Å². The van der Waals surface area contributed by atoms with Crippen molar-refractivity contribution in [3.05, 3.63) is 88.9 Å². The minimum Gasteiger partial charge on any atom is -0.484 e. The molecule has 2 amide bonds. The van der Waals surface area contributed by atoms with Crippen molar-refractivity contribution in [1.29, 1.82) is 0 Å². The second-order valence-corrected chi connectivity index (χ2v) is 8.73. The normalized spacial score (nSPS) is 10.7. The molecule has 0 fully saturated rings. The predicted molar refractivity (Wildman–Crippen MR) is 134 cm³/mol. The Morgan fingerprint density at radius 3 is 2.52 bits per heavy atom. The average Bonchev–Trinajstić information content (AvgIpc) is 2.80. The second kappa shape index (κ2) is 12.7. The van der Waals surface area contributed by atoms with Crippen LogP contribution in [-0.4, -0.2) is 30.4 Å². The molecule has 0 unspecified atom stereocenters. The Kier molecular flexibility index (Phi) is 9.35. The van der Waals surface area contributed by atoms with Crippen LogP contribution in [0, 0.1) is 6.92 Å². The summed E-state index contributed by atoms with van der Waals surface area (Å²) in [7, 11) is 0. The molecule has 3 rings (SSSR count). The van der Waals surface area contributed by atoms with E-state index in [0.717, 1.165) is 10.5 Å². The summed E-state index contributed by atoms with van der Waals surface area (Å²) < 4.78 is 5.49. The zero-order valence-corrected chi connectivity index (χ0v) is 19.7. The fourth-order valence-electron chi connectivity index (χ4n) is 2.69. The summed E-state index contributed by atoms with van der Waals surface area (Å²) in [6.45, 7) is 1.92. The van der Waals surface area contributed by atoms with E-state index in [2.05, 4.69) is 40.1 Å². The molecule has 0 bridgehead atoms. The molecular formula is C25H24ClN3O3S. The van der Waals surface area contributed by atoms with Crippen molar-refractivity contribution in [1.82, 2.24) is 5.43 Å². The van der Waals surface area contributed by atoms with Gasteiger partial charge in [-0.05, 0) is 67.1 Å². The highest BCUT2D eigenvalue weighted by Crippen LogP contribution is 2.19. The van der Waals surface area contributed by atoms with Crippen LogP contribution in [0.2, 0.25) is 5.02 Å². The molecule has 0 saturated heterocycles. The third-order valence-electron chi connectivity index (χ3n) is 4.38. The summed E-state index contributed by atoms with van der Waals surface area (Å²) in [5, 5.41) is 7.25. The number of thioether (sulfide) groups is 1. The van der Waals surface area contributed by atoms with E-state index in [-0.39, 0.29) is 18.4 Å². The fourth-order valence-corrected chi connectivity index (χ4v) is 3.74. The minimum atomic E-state index is -0.286. The first-order valence-electron chi connectivity index (χ1n) is 10.3. The van der Waals surface area contributed by atoms with Crippen LogP contribution in [0.3, 0.4) is 0 Å². The number of carbonyl (C=O) groups is 2. The number of hydrogen-bond donors (Lipinski definition) is 2. The van der Waals surface area contributed by atoms with Crippen LogP contribution in [0.1, 0.15) is 17.5 Å². The SMILES string of the molecule is Cc1ccc(SCCC(=O)N/N=C\c2ccc(OCC(=O)Nc3cccc(Cl)c3)cc2)cc1. The van der Waals surface area contributed by atoms with E-state index < -0.39 is 0 Å². The quantitative estimate of drug-likeness (QED) is 0.234. The van der Waals surface area contributed by atoms with Gasteiger partial charge < -0.3 is 10.1 Å². The van der Waals surface area contributed by atoms with E-state index in [1.54, 1.807) is 66.5 Å². The molecule has 6 nitrogen and oxygen atoms in total. The Morgan fingerprint density at radius 1 is 1.03 bits per heavy atom. The standard InChI is InChI=1S/C25H24ClN3O3S/c1-18-5-11-23(12-6-18)33-14-13-24(30)29-27-16-19-7-9-22(10-8-19)32-17-25(31)28-21-4-2-3-20(26)15-21/h2-12,15-16H,13-14,17H2,1H3,(H,28,31)(H,29,30)/b27-16-. The fraction of sp³-hybridized carbons (Fsp3) is 0.160. The largest absolute Gasteiger partial charge is 0.484 e. The molecule has 0 aliphatic rings. The number of halogens is 1. The molecule has 0 aliphatic carbocycles. The first-order valence-corrected chi connectivity index (χ1v) is 11.6. The topological polar surface area (TPSA) is 79.8 Å². The number of aryl methyl sites for hydroxylation is 1. The molecule has 0 saturated carbocycles. The molecule has 3 aromatic rings. The minimum absolute atomic E-state index is 0.128. The van der Waals surface area contributed by atoms with Gasteiger partial charge in [-0.1, -0.05) is 35.4 Å². The van der Waals surface area contributed by atoms with E-state index in [9.17, 15) is 9.59 Å². The Hall–Kier alpha value is -3.29. The molecule has 33 heavy (non-hydrogen) atoms. The van der Waals surface area contributed by atoms with Crippen LogP contribution in [0.25, 0.3) is 0 Å². The van der Waals surface area contributed by atoms with Crippen molar-refractivity contribution >= 4 is 47.1 Å². The number of carbonyl (C=O) groups excluding carboxylic acids is 2. The first-order chi connectivity index (χ1) is 16.0. The maximum absolute atomic E-state index is 12.0. The van der Waals surface area contributed by atoms with Gasteiger partial charge in [0.05, 0.1) is 6.21 Å². The average molecular weight is 482 g/mol. The number of hydrogen-bond acceptors (Lipinski definition) is 5. The van der Waals surface area contributed by atoms with Crippen molar-refractivity contribution in [2.45, 2.75) is 18.2 Å². The van der Waals surface area contributed by atoms with Crippen LogP contribution < -0.4 is 15.5 Å². The van der Waals surface area contributed by atoms with Crippen LogP contribution in [0.5, 0.6) is 5.75 Å². The molecule has 0 aromatic heterocycles. The Morgan fingerprint density at radius 2 is 1.79 bits per heavy atom. The number of rotatable bonds is 10. The molecule has 0 atom stereocenters. The molecule has 0 spiro atoms. The highest BCUT2D eigenvalue weighted by atomic mass is 35.5. The first kappa shape index (κ1) is 24.4. The number of amides is 2. The maximum atomic E-state index is 12.0. The lowest BCUT2D eigenvalue weighted by Crippen LogP contribution is -2.20. The number of benzene rings is 3. The van der Waals surface area contributed by atoms with Crippen molar-refractivity contribution in [3.8, 4) is 5.75 Å². The summed E-state index contributed by atoms with van der Waals surface area (Å²) in [6.07, 6.45) is 1.93. The van der Waals surface area contributed by atoms with Gasteiger partial charge in [-0.3, -0.25) is 9.59 Å². The van der Waals surface area contributed by atoms with Crippen molar-refractivity contribution < 1.29 is 14.3 Å². The number of nitrogens with zero attached hydrogens (tertiary/aromatic N) is 1. The molecule has 170 valence electrons. The van der Waals surface area contributed by atoms with E-state index >= 15 is 0 Å². The van der Waals surface area contributed by atoms with E-state index in [1.165, 1.54) is 5.56 Å². The monoisotopic (exact) mass is 481 g/mol. The van der Waals surface area contributed by atoms with Gasteiger partial charge in [0.25, 0.3) is 5.91 Å². The number of anilines is 1. The Labute approximate surface area is 202 Å². The predicted octanol–water partition coefficient (Wildman–Crippen LogP) is 5.30. The molecule has 0 aliphatic heterocycles. The van der Waals surface area contributed by atoms with Crippen molar-refractivity contribution in [2.24, 2.45) is 5.10 Å². The zero-order chi connectivity index (χ0) is 23.5. The number of hydrazone groups is 1. The van der Waals surface area contributed by atoms with Gasteiger partial charge in [-0.25, -0.2) is 5.43 Å². The van der Waals surface area contributed by atoms with Crippen LogP contribution in [-0.2, 0) is 9.59 Å². The lowest BCUT2D eigenvalue weighted by atomic mass is 10.2. The lowest BCUT2D eigenvalue weighted by molar-refractivity contribution is -0.120. The third kappa shape index (κ3) is 9.00. The molecule has 2 N–H and O–H groups in total. The van der Waals surface area contributed by atoms with Crippen LogP contribution >= 0.6 is 23.4 Å². The molecule has 0 heterocycles. The van der Waals surface area contributed by atoms with E-state index in [0.29, 0.717) is 28.6 Å². The van der Waals surface area contributed by atoms with Gasteiger partial charge in [0.15, 0.2) is 6.61 Å². The Bertz CT molecular complexity index is 1100. The summed E-state index contributed by atoms with van der Waals surface area (Å²) in [4.78, 5) is 25.1.